The second-order valence-electron chi connectivity index (χ2n) is 1.99. The van der Waals surface area contributed by atoms with Gasteiger partial charge in [-0.15, -0.1) is 10.2 Å². The molecule has 6 nitrogen and oxygen atoms in total. The van der Waals surface area contributed by atoms with Crippen molar-refractivity contribution < 1.29 is 4.79 Å². The number of nitrogens with zero attached hydrogens (tertiary/aromatic N) is 4. The lowest BCUT2D eigenvalue weighted by molar-refractivity contribution is -0.121. The average Bonchev–Trinajstić information content (AvgIpc) is 2.34. The first-order chi connectivity index (χ1) is 5.11. The molecule has 7 heteroatoms. The minimum Gasteiger partial charge on any atom is -0.368 e. The Hall–Kier alpha value is -1.11. The summed E-state index contributed by atoms with van der Waals surface area (Å²) in [6, 6.07) is -0.580. The topological polar surface area (TPSA) is 86.7 Å². The first-order valence-electron chi connectivity index (χ1n) is 2.89. The average molecular weight is 173 g/mol. The zero-order chi connectivity index (χ0) is 8.43. The van der Waals surface area contributed by atoms with E-state index in [1.165, 1.54) is 0 Å². The van der Waals surface area contributed by atoms with E-state index in [-0.39, 0.29) is 5.16 Å². The number of amides is 1. The molecule has 1 aromatic heterocycles. The maximum absolute atomic E-state index is 10.6. The lowest BCUT2D eigenvalue weighted by Crippen LogP contribution is -2.25. The Morgan fingerprint density at radius 2 is 2.45 bits per heavy atom. The zero-order valence-electron chi connectivity index (χ0n) is 5.80. The highest BCUT2D eigenvalue weighted by Crippen LogP contribution is 2.00. The molecule has 1 atom stereocenters. The summed E-state index contributed by atoms with van der Waals surface area (Å²) in [5, 5.41) is 10.9. The van der Waals surface area contributed by atoms with Crippen LogP contribution in [-0.2, 0) is 4.79 Å². The fourth-order valence-electron chi connectivity index (χ4n) is 0.495. The molecule has 1 unspecified atom stereocenters. The van der Waals surface area contributed by atoms with Crippen molar-refractivity contribution in [3.8, 4) is 0 Å². The SMILES string of the molecule is CC(C(N)=O)n1nnc(S)n1. The molecule has 0 saturated carbocycles. The quantitative estimate of drug-likeness (QED) is 0.562. The molecule has 0 spiro atoms. The smallest absolute Gasteiger partial charge is 0.243 e. The summed E-state index contributed by atoms with van der Waals surface area (Å²) in [5.41, 5.74) is 4.98. The van der Waals surface area contributed by atoms with Gasteiger partial charge in [0, 0.05) is 0 Å². The number of hydrogen-bond donors (Lipinski definition) is 2. The lowest BCUT2D eigenvalue weighted by atomic mass is 10.3. The Balaban J connectivity index is 2.84. The Morgan fingerprint density at radius 3 is 2.82 bits per heavy atom. The van der Waals surface area contributed by atoms with Gasteiger partial charge in [0.25, 0.3) is 0 Å². The Morgan fingerprint density at radius 1 is 1.82 bits per heavy atom. The number of tetrazole rings is 1. The van der Waals surface area contributed by atoms with Gasteiger partial charge in [-0.25, -0.2) is 0 Å². The summed E-state index contributed by atoms with van der Waals surface area (Å²) in [5.74, 6) is -0.504. The fraction of sp³-hybridized carbons (Fsp3) is 0.500. The van der Waals surface area contributed by atoms with E-state index in [9.17, 15) is 4.79 Å². The minimum absolute atomic E-state index is 0.220. The number of carbonyl (C=O) groups is 1. The van der Waals surface area contributed by atoms with E-state index in [2.05, 4.69) is 28.0 Å². The van der Waals surface area contributed by atoms with E-state index in [1.807, 2.05) is 0 Å². The van der Waals surface area contributed by atoms with Gasteiger partial charge < -0.3 is 5.73 Å². The minimum atomic E-state index is -0.580. The van der Waals surface area contributed by atoms with Gasteiger partial charge in [0.2, 0.25) is 11.1 Å². The largest absolute Gasteiger partial charge is 0.368 e. The maximum atomic E-state index is 10.6. The zero-order valence-corrected chi connectivity index (χ0v) is 6.69. The van der Waals surface area contributed by atoms with Gasteiger partial charge in [0.1, 0.15) is 6.04 Å². The van der Waals surface area contributed by atoms with Crippen LogP contribution in [0.1, 0.15) is 13.0 Å². The van der Waals surface area contributed by atoms with Gasteiger partial charge in [-0.2, -0.15) is 4.80 Å². The molecular weight excluding hydrogens is 166 g/mol. The monoisotopic (exact) mass is 173 g/mol. The van der Waals surface area contributed by atoms with Crippen LogP contribution in [0.4, 0.5) is 0 Å². The molecular formula is C4H7N5OS. The molecule has 1 aromatic rings. The van der Waals surface area contributed by atoms with Crippen molar-refractivity contribution >= 4 is 18.5 Å². The lowest BCUT2D eigenvalue weighted by Gasteiger charge is -2.02. The van der Waals surface area contributed by atoms with E-state index in [0.29, 0.717) is 0 Å². The molecule has 1 rings (SSSR count). The molecule has 0 bridgehead atoms. The number of nitrogens with two attached hydrogens (primary N) is 1. The normalized spacial score (nSPS) is 12.9. The molecule has 0 saturated heterocycles. The van der Waals surface area contributed by atoms with Crippen LogP contribution in [0.25, 0.3) is 0 Å². The second-order valence-corrected chi connectivity index (χ2v) is 2.39. The molecule has 0 aromatic carbocycles. The van der Waals surface area contributed by atoms with Crippen LogP contribution >= 0.6 is 12.6 Å². The number of hydrogen-bond acceptors (Lipinski definition) is 5. The van der Waals surface area contributed by atoms with Gasteiger partial charge in [-0.05, 0) is 12.1 Å². The number of carbonyl (C=O) groups excluding carboxylic acids is 1. The van der Waals surface area contributed by atoms with Gasteiger partial charge in [0.15, 0.2) is 0 Å². The molecule has 11 heavy (non-hydrogen) atoms. The molecule has 0 aliphatic rings. The van der Waals surface area contributed by atoms with Crippen LogP contribution < -0.4 is 5.73 Å². The van der Waals surface area contributed by atoms with Crippen molar-refractivity contribution in [3.05, 3.63) is 0 Å². The number of thiol groups is 1. The van der Waals surface area contributed by atoms with E-state index < -0.39 is 11.9 Å². The van der Waals surface area contributed by atoms with E-state index in [1.54, 1.807) is 6.92 Å². The Bertz CT molecular complexity index is 271. The van der Waals surface area contributed by atoms with E-state index in [4.69, 9.17) is 5.73 Å². The highest BCUT2D eigenvalue weighted by atomic mass is 32.1. The molecule has 1 heterocycles. The first-order valence-corrected chi connectivity index (χ1v) is 3.34. The van der Waals surface area contributed by atoms with Crippen molar-refractivity contribution in [1.82, 2.24) is 20.2 Å². The third kappa shape index (κ3) is 1.67. The number of primary amides is 1. The van der Waals surface area contributed by atoms with Crippen molar-refractivity contribution in [1.29, 1.82) is 0 Å². The molecule has 0 fully saturated rings. The predicted molar refractivity (Wildman–Crippen MR) is 39.0 cm³/mol. The van der Waals surface area contributed by atoms with Crippen molar-refractivity contribution in [2.45, 2.75) is 18.1 Å². The third-order valence-corrected chi connectivity index (χ3v) is 1.35. The van der Waals surface area contributed by atoms with E-state index in [0.717, 1.165) is 4.80 Å². The molecule has 0 aliphatic heterocycles. The summed E-state index contributed by atoms with van der Waals surface area (Å²) in [4.78, 5) is 11.7. The summed E-state index contributed by atoms with van der Waals surface area (Å²) in [6.45, 7) is 1.58. The van der Waals surface area contributed by atoms with Gasteiger partial charge in [0.05, 0.1) is 0 Å². The highest BCUT2D eigenvalue weighted by molar-refractivity contribution is 7.80. The summed E-state index contributed by atoms with van der Waals surface area (Å²) in [6.07, 6.45) is 0. The van der Waals surface area contributed by atoms with Crippen molar-refractivity contribution in [2.24, 2.45) is 5.73 Å². The summed E-state index contributed by atoms with van der Waals surface area (Å²) in [7, 11) is 0. The number of aromatic nitrogens is 4. The highest BCUT2D eigenvalue weighted by Gasteiger charge is 2.13. The van der Waals surface area contributed by atoms with Gasteiger partial charge in [-0.1, -0.05) is 12.6 Å². The Labute approximate surface area is 68.2 Å². The van der Waals surface area contributed by atoms with E-state index >= 15 is 0 Å². The van der Waals surface area contributed by atoms with Crippen molar-refractivity contribution in [3.63, 3.8) is 0 Å². The molecule has 2 N–H and O–H groups in total. The third-order valence-electron chi connectivity index (χ3n) is 1.18. The van der Waals surface area contributed by atoms with Crippen LogP contribution in [0, 0.1) is 0 Å². The van der Waals surface area contributed by atoms with Crippen LogP contribution in [0.3, 0.4) is 0 Å². The standard InChI is InChI=1S/C4H7N5OS/c1-2(3(5)10)9-7-4(11)6-8-9/h2H,1H3,(H2,5,10)(H,7,11). The molecule has 60 valence electrons. The molecule has 0 radical (unpaired) electrons. The van der Waals surface area contributed by atoms with Crippen LogP contribution in [-0.4, -0.2) is 26.1 Å². The maximum Gasteiger partial charge on any atom is 0.243 e. The van der Waals surface area contributed by atoms with Crippen LogP contribution in [0.2, 0.25) is 0 Å². The first kappa shape index (κ1) is 7.99. The van der Waals surface area contributed by atoms with Gasteiger partial charge in [-0.3, -0.25) is 4.79 Å². The molecule has 0 aliphatic carbocycles. The second kappa shape index (κ2) is 2.87. The predicted octanol–water partition coefficient (Wildman–Crippen LogP) is -0.992. The summed E-state index contributed by atoms with van der Waals surface area (Å²) >= 11 is 3.81. The summed E-state index contributed by atoms with van der Waals surface area (Å²) < 4.78 is 0. The van der Waals surface area contributed by atoms with Crippen LogP contribution in [0.15, 0.2) is 5.16 Å². The Kier molecular flexibility index (Phi) is 2.08. The fourth-order valence-corrected chi connectivity index (χ4v) is 0.627. The van der Waals surface area contributed by atoms with Crippen molar-refractivity contribution in [2.75, 3.05) is 0 Å². The number of rotatable bonds is 2. The van der Waals surface area contributed by atoms with Gasteiger partial charge >= 0.3 is 0 Å². The molecule has 1 amide bonds. The van der Waals surface area contributed by atoms with Crippen LogP contribution in [0.5, 0.6) is 0 Å².